The van der Waals surface area contributed by atoms with Gasteiger partial charge in [-0.05, 0) is 119 Å². The van der Waals surface area contributed by atoms with Crippen molar-refractivity contribution in [1.29, 1.82) is 0 Å². The van der Waals surface area contributed by atoms with Crippen LogP contribution in [0.3, 0.4) is 0 Å². The number of anilines is 3. The lowest BCUT2D eigenvalue weighted by molar-refractivity contribution is -0.121. The van der Waals surface area contributed by atoms with E-state index in [0.29, 0.717) is 34.7 Å². The molecule has 2 spiro atoms. The van der Waals surface area contributed by atoms with Crippen LogP contribution in [-0.2, 0) is 9.59 Å². The van der Waals surface area contributed by atoms with Crippen LogP contribution in [0, 0.1) is 28.3 Å². The summed E-state index contributed by atoms with van der Waals surface area (Å²) >= 11 is 1.18. The average Bonchev–Trinajstić information content (AvgIpc) is 3.19. The number of carbonyl (C=O) groups is 2. The van der Waals surface area contributed by atoms with Gasteiger partial charge >= 0.3 is 0 Å². The number of carbonyl (C=O) groups excluding carboxylic acids is 2. The number of rotatable bonds is 15. The Morgan fingerprint density at radius 1 is 1.02 bits per heavy atom. The molecule has 3 aromatic carbocycles. The van der Waals surface area contributed by atoms with Crippen LogP contribution >= 0.6 is 12.1 Å². The molecule has 2 saturated carbocycles. The van der Waals surface area contributed by atoms with E-state index in [-0.39, 0.29) is 52.0 Å². The number of hydrogen-bond acceptors (Lipinski definition) is 11. The van der Waals surface area contributed by atoms with Gasteiger partial charge in [0.2, 0.25) is 11.7 Å². The molecule has 1 atom stereocenters. The second kappa shape index (κ2) is 16.7. The molecule has 1 amide bonds. The Balaban J connectivity index is 0.823. The van der Waals surface area contributed by atoms with Gasteiger partial charge in [0.1, 0.15) is 23.9 Å². The van der Waals surface area contributed by atoms with Gasteiger partial charge in [-0.25, -0.2) is 22.5 Å². The van der Waals surface area contributed by atoms with Gasteiger partial charge < -0.3 is 34.7 Å². The lowest BCUT2D eigenvalue weighted by Gasteiger charge is -2.63. The maximum atomic E-state index is 15.3. The predicted octanol–water partition coefficient (Wildman–Crippen LogP) is 7.12. The SMILES string of the molecule is CCN(C)SNc1ccc(F)c(Oc2ccc3ncn(C4CC5(CCN(C6CC7(C6)CN(c6ccc(NC(CCC=O)C(=O)NC)cc6F)C7)CC5)C4)c(=O)c3c2)c1F. The zero-order chi connectivity index (χ0) is 41.5. The average molecular weight is 833 g/mol. The standard InChI is InChI=1S/C43H51F3N8O4S/c1-4-51(3)59-50-35-11-9-32(44)39(38(35)46)58-30-8-10-34-31(19-30)41(57)54(26-48-34)29-22-42(23-29)13-15-52(16-14-42)28-20-43(21-28)24-53(25-43)37-12-7-27(18-33(37)45)49-36(6-5-17-55)40(56)47-2/h7-12,17-19,26,28-29,36,49-50H,4-6,13-16,20-25H2,1-3H3,(H,47,56). The topological polar surface area (TPSA) is 124 Å². The number of halogens is 3. The Hall–Kier alpha value is -4.80. The highest BCUT2D eigenvalue weighted by atomic mass is 32.2. The Morgan fingerprint density at radius 2 is 1.76 bits per heavy atom. The van der Waals surface area contributed by atoms with Crippen LogP contribution in [0.25, 0.3) is 10.9 Å². The van der Waals surface area contributed by atoms with Crippen LogP contribution in [0.1, 0.15) is 64.3 Å². The number of benzene rings is 3. The summed E-state index contributed by atoms with van der Waals surface area (Å²) in [6, 6.07) is 12.1. The first kappa shape index (κ1) is 41.0. The molecule has 2 aliphatic heterocycles. The largest absolute Gasteiger partial charge is 0.451 e. The molecular weight excluding hydrogens is 782 g/mol. The molecule has 16 heteroatoms. The summed E-state index contributed by atoms with van der Waals surface area (Å²) in [4.78, 5) is 46.1. The monoisotopic (exact) mass is 832 g/mol. The molecule has 4 fully saturated rings. The maximum Gasteiger partial charge on any atom is 0.261 e. The van der Waals surface area contributed by atoms with E-state index in [4.69, 9.17) is 4.74 Å². The smallest absolute Gasteiger partial charge is 0.261 e. The number of hydrogen-bond donors (Lipinski definition) is 3. The van der Waals surface area contributed by atoms with Crippen molar-refractivity contribution < 1.29 is 27.5 Å². The summed E-state index contributed by atoms with van der Waals surface area (Å²) in [6.07, 6.45) is 9.11. The third-order valence-corrected chi connectivity index (χ3v) is 13.9. The lowest BCUT2D eigenvalue weighted by atomic mass is 9.57. The minimum Gasteiger partial charge on any atom is -0.451 e. The number of fused-ring (bicyclic) bond motifs is 1. The number of ether oxygens (including phenoxy) is 1. The zero-order valence-electron chi connectivity index (χ0n) is 33.6. The second-order valence-corrected chi connectivity index (χ2v) is 17.9. The van der Waals surface area contributed by atoms with Crippen LogP contribution in [-0.4, -0.2) is 89.9 Å². The quantitative estimate of drug-likeness (QED) is 0.0838. The molecule has 4 aliphatic rings. The minimum absolute atomic E-state index is 0.0322. The first-order valence-electron chi connectivity index (χ1n) is 20.4. The second-order valence-electron chi connectivity index (χ2n) is 16.9. The molecule has 3 heterocycles. The van der Waals surface area contributed by atoms with Crippen molar-refractivity contribution in [2.45, 2.75) is 76.4 Å². The molecule has 0 radical (unpaired) electrons. The minimum atomic E-state index is -0.865. The van der Waals surface area contributed by atoms with Crippen molar-refractivity contribution in [3.63, 3.8) is 0 Å². The van der Waals surface area contributed by atoms with Crippen molar-refractivity contribution >= 4 is 52.3 Å². The molecule has 314 valence electrons. The van der Waals surface area contributed by atoms with E-state index in [9.17, 15) is 18.8 Å². The molecule has 3 N–H and O–H groups in total. The fourth-order valence-electron chi connectivity index (χ4n) is 9.48. The third kappa shape index (κ3) is 8.23. The number of nitrogens with zero attached hydrogens (tertiary/aromatic N) is 5. The van der Waals surface area contributed by atoms with Gasteiger partial charge in [-0.15, -0.1) is 0 Å². The van der Waals surface area contributed by atoms with Gasteiger partial charge in [0.25, 0.3) is 5.56 Å². The Bertz CT molecular complexity index is 2270. The molecule has 8 rings (SSSR count). The van der Waals surface area contributed by atoms with Crippen LogP contribution in [0.5, 0.6) is 11.5 Å². The van der Waals surface area contributed by atoms with Crippen LogP contribution in [0.4, 0.5) is 30.2 Å². The van der Waals surface area contributed by atoms with E-state index in [0.717, 1.165) is 83.6 Å². The summed E-state index contributed by atoms with van der Waals surface area (Å²) in [7, 11) is 3.38. The van der Waals surface area contributed by atoms with Crippen molar-refractivity contribution in [3.05, 3.63) is 82.7 Å². The lowest BCUT2D eigenvalue weighted by Crippen LogP contribution is -2.67. The Labute approximate surface area is 346 Å². The van der Waals surface area contributed by atoms with Crippen LogP contribution < -0.4 is 30.6 Å². The summed E-state index contributed by atoms with van der Waals surface area (Å²) in [5.74, 6) is -2.70. The van der Waals surface area contributed by atoms with Gasteiger partial charge in [-0.1, -0.05) is 6.92 Å². The summed E-state index contributed by atoms with van der Waals surface area (Å²) in [5.41, 5.74) is 1.85. The molecule has 0 bridgehead atoms. The van der Waals surface area contributed by atoms with Gasteiger partial charge in [-0.2, -0.15) is 0 Å². The van der Waals surface area contributed by atoms with E-state index in [2.05, 4.69) is 30.1 Å². The highest BCUT2D eigenvalue weighted by molar-refractivity contribution is 7.98. The highest BCUT2D eigenvalue weighted by Gasteiger charge is 2.55. The molecule has 12 nitrogen and oxygen atoms in total. The first-order chi connectivity index (χ1) is 28.4. The number of likely N-dealkylation sites (N-methyl/N-ethyl adjacent to an activating group) is 1. The molecule has 1 unspecified atom stereocenters. The molecule has 2 aliphatic carbocycles. The molecule has 4 aromatic rings. The van der Waals surface area contributed by atoms with Crippen molar-refractivity contribution in [2.24, 2.45) is 10.8 Å². The van der Waals surface area contributed by atoms with Crippen molar-refractivity contribution in [1.82, 2.24) is 24.1 Å². The van der Waals surface area contributed by atoms with Crippen molar-refractivity contribution in [3.8, 4) is 11.5 Å². The summed E-state index contributed by atoms with van der Waals surface area (Å²) < 4.78 is 57.5. The molecule has 1 aromatic heterocycles. The van der Waals surface area contributed by atoms with Gasteiger partial charge in [0.15, 0.2) is 11.6 Å². The number of piperidine rings is 1. The Kier molecular flexibility index (Phi) is 11.6. The van der Waals surface area contributed by atoms with E-state index in [1.807, 2.05) is 18.3 Å². The highest BCUT2D eigenvalue weighted by Crippen LogP contribution is 2.57. The maximum absolute atomic E-state index is 15.3. The predicted molar refractivity (Wildman–Crippen MR) is 224 cm³/mol. The summed E-state index contributed by atoms with van der Waals surface area (Å²) in [5, 5.41) is 5.98. The molecule has 2 saturated heterocycles. The number of nitrogens with one attached hydrogen (secondary N) is 3. The van der Waals surface area contributed by atoms with Gasteiger partial charge in [0, 0.05) is 68.4 Å². The van der Waals surface area contributed by atoms with E-state index >= 15 is 8.78 Å². The number of amides is 1. The van der Waals surface area contributed by atoms with E-state index < -0.39 is 23.4 Å². The van der Waals surface area contributed by atoms with Gasteiger partial charge in [0.05, 0.1) is 28.6 Å². The molecule has 59 heavy (non-hydrogen) atoms. The summed E-state index contributed by atoms with van der Waals surface area (Å²) in [6.45, 7) is 6.36. The zero-order valence-corrected chi connectivity index (χ0v) is 34.4. The van der Waals surface area contributed by atoms with Crippen LogP contribution in [0.2, 0.25) is 0 Å². The van der Waals surface area contributed by atoms with E-state index in [1.54, 1.807) is 35.2 Å². The number of aldehydes is 1. The van der Waals surface area contributed by atoms with Gasteiger partial charge in [-0.3, -0.25) is 14.2 Å². The first-order valence-corrected chi connectivity index (χ1v) is 21.2. The Morgan fingerprint density at radius 3 is 2.46 bits per heavy atom. The fourth-order valence-corrected chi connectivity index (χ4v) is 10.0. The fraction of sp³-hybridized carbons (Fsp3) is 0.488. The van der Waals surface area contributed by atoms with Crippen LogP contribution in [0.15, 0.2) is 59.7 Å². The molecular formula is C43H51F3N8O4S. The number of aromatic nitrogens is 2. The normalized spacial score (nSPS) is 20.2. The number of likely N-dealkylation sites (tertiary alicyclic amines) is 1. The third-order valence-electron chi connectivity index (χ3n) is 13.0. The van der Waals surface area contributed by atoms with Crippen molar-refractivity contribution in [2.75, 3.05) is 61.8 Å². The van der Waals surface area contributed by atoms with E-state index in [1.165, 1.54) is 37.4 Å².